The van der Waals surface area contributed by atoms with Gasteiger partial charge >= 0.3 is 0 Å². The maximum Gasteiger partial charge on any atom is 0.297 e. The minimum Gasteiger partial charge on any atom is -0.423 e. The van der Waals surface area contributed by atoms with E-state index in [2.05, 4.69) is 17.2 Å². The fourth-order valence-electron chi connectivity index (χ4n) is 3.33. The van der Waals surface area contributed by atoms with Crippen LogP contribution in [-0.4, -0.2) is 27.2 Å². The van der Waals surface area contributed by atoms with Crippen LogP contribution in [0.15, 0.2) is 41.3 Å². The maximum atomic E-state index is 13.9. The van der Waals surface area contributed by atoms with Crippen LogP contribution < -0.4 is 10.9 Å². The van der Waals surface area contributed by atoms with Crippen molar-refractivity contribution in [1.29, 1.82) is 0 Å². The summed E-state index contributed by atoms with van der Waals surface area (Å²) < 4.78 is 27.3. The Labute approximate surface area is 172 Å². The van der Waals surface area contributed by atoms with Gasteiger partial charge in [-0.15, -0.1) is 4.73 Å². The maximum absolute atomic E-state index is 13.9. The molecule has 0 bridgehead atoms. The molecule has 0 atom stereocenters. The summed E-state index contributed by atoms with van der Waals surface area (Å²) in [5, 5.41) is 13.8. The summed E-state index contributed by atoms with van der Waals surface area (Å²) in [7, 11) is 0. The van der Waals surface area contributed by atoms with Gasteiger partial charge in [0.25, 0.3) is 5.56 Å². The van der Waals surface area contributed by atoms with Gasteiger partial charge in [-0.3, -0.25) is 9.59 Å². The van der Waals surface area contributed by atoms with Crippen molar-refractivity contribution in [1.82, 2.24) is 9.71 Å². The first-order valence-electron chi connectivity index (χ1n) is 9.88. The Hall–Kier alpha value is -3.29. The lowest BCUT2D eigenvalue weighted by Gasteiger charge is -2.15. The second kappa shape index (κ2) is 9.47. The second-order valence-electron chi connectivity index (χ2n) is 7.03. The van der Waals surface area contributed by atoms with Crippen LogP contribution in [0.2, 0.25) is 0 Å². The first kappa shape index (κ1) is 21.4. The highest BCUT2D eigenvalue weighted by Crippen LogP contribution is 2.25. The molecule has 1 aromatic carbocycles. The summed E-state index contributed by atoms with van der Waals surface area (Å²) in [6, 6.07) is 6.45. The van der Waals surface area contributed by atoms with Gasteiger partial charge in [0.1, 0.15) is 17.2 Å². The van der Waals surface area contributed by atoms with Crippen molar-refractivity contribution in [2.45, 2.75) is 39.0 Å². The van der Waals surface area contributed by atoms with Gasteiger partial charge in [0, 0.05) is 30.6 Å². The lowest BCUT2D eigenvalue weighted by atomic mass is 10.0. The normalized spacial score (nSPS) is 11.0. The molecule has 0 radical (unpaired) electrons. The number of ketones is 1. The number of aryl methyl sites for hydroxylation is 1. The Morgan fingerprint density at radius 3 is 2.77 bits per heavy atom. The number of benzene rings is 1. The van der Waals surface area contributed by atoms with E-state index in [0.29, 0.717) is 22.3 Å². The van der Waals surface area contributed by atoms with Gasteiger partial charge in [-0.2, -0.15) is 0 Å². The van der Waals surface area contributed by atoms with Gasteiger partial charge in [-0.05, 0) is 36.6 Å². The van der Waals surface area contributed by atoms with Gasteiger partial charge < -0.3 is 10.5 Å². The zero-order valence-corrected chi connectivity index (χ0v) is 16.6. The number of pyridine rings is 2. The minimum absolute atomic E-state index is 0.00380. The number of hydrogen-bond acceptors (Lipinski definition) is 5. The van der Waals surface area contributed by atoms with E-state index in [4.69, 9.17) is 0 Å². The van der Waals surface area contributed by atoms with E-state index in [1.54, 1.807) is 12.1 Å². The molecular formula is C22H23F2N3O3. The Kier molecular flexibility index (Phi) is 6.76. The molecular weight excluding hydrogens is 392 g/mol. The quantitative estimate of drug-likeness (QED) is 0.309. The lowest BCUT2D eigenvalue weighted by molar-refractivity contribution is 0.0976. The average molecular weight is 415 g/mol. The SMILES string of the molecule is CCCCCNc1c(C(=O)CCc2ccc(F)cc2F)c(=O)n(O)c2ncccc12. The number of hydrogen-bond donors (Lipinski definition) is 2. The van der Waals surface area contributed by atoms with Crippen molar-refractivity contribution in [3.05, 3.63) is 69.6 Å². The summed E-state index contributed by atoms with van der Waals surface area (Å²) in [6.45, 7) is 2.61. The number of unbranched alkanes of at least 4 members (excludes halogenated alkanes) is 2. The molecule has 3 aromatic rings. The molecule has 0 amide bonds. The highest BCUT2D eigenvalue weighted by atomic mass is 19.1. The molecule has 0 fully saturated rings. The zero-order valence-electron chi connectivity index (χ0n) is 16.6. The number of aromatic nitrogens is 2. The van der Waals surface area contributed by atoms with Crippen LogP contribution in [0, 0.1) is 11.6 Å². The van der Waals surface area contributed by atoms with Crippen molar-refractivity contribution in [3.8, 4) is 0 Å². The van der Waals surface area contributed by atoms with E-state index in [-0.39, 0.29) is 29.6 Å². The van der Waals surface area contributed by atoms with Crippen molar-refractivity contribution >= 4 is 22.5 Å². The Bertz CT molecular complexity index is 1130. The third-order valence-corrected chi connectivity index (χ3v) is 4.91. The minimum atomic E-state index is -0.885. The van der Waals surface area contributed by atoms with Crippen molar-refractivity contribution in [2.24, 2.45) is 0 Å². The molecule has 0 saturated heterocycles. The monoisotopic (exact) mass is 415 g/mol. The molecule has 6 nitrogen and oxygen atoms in total. The number of halogens is 2. The van der Waals surface area contributed by atoms with E-state index in [9.17, 15) is 23.6 Å². The Balaban J connectivity index is 1.96. The van der Waals surface area contributed by atoms with E-state index < -0.39 is 23.0 Å². The van der Waals surface area contributed by atoms with Crippen LogP contribution >= 0.6 is 0 Å². The molecule has 0 aliphatic heterocycles. The van der Waals surface area contributed by atoms with Gasteiger partial charge in [0.05, 0.1) is 5.69 Å². The first-order valence-corrected chi connectivity index (χ1v) is 9.88. The van der Waals surface area contributed by atoms with Gasteiger partial charge in [-0.1, -0.05) is 25.8 Å². The predicted molar refractivity (Wildman–Crippen MR) is 110 cm³/mol. The number of fused-ring (bicyclic) bond motifs is 1. The number of Topliss-reactive ketones (excluding diaryl/α,β-unsaturated/α-hetero) is 1. The summed E-state index contributed by atoms with van der Waals surface area (Å²) in [4.78, 5) is 29.7. The van der Waals surface area contributed by atoms with Crippen LogP contribution in [0.1, 0.15) is 48.5 Å². The molecule has 0 unspecified atom stereocenters. The second-order valence-corrected chi connectivity index (χ2v) is 7.03. The molecule has 0 saturated carbocycles. The van der Waals surface area contributed by atoms with Crippen LogP contribution in [-0.2, 0) is 6.42 Å². The van der Waals surface area contributed by atoms with E-state index >= 15 is 0 Å². The van der Waals surface area contributed by atoms with Crippen molar-refractivity contribution in [2.75, 3.05) is 11.9 Å². The third-order valence-electron chi connectivity index (χ3n) is 4.91. The summed E-state index contributed by atoms with van der Waals surface area (Å²) >= 11 is 0. The predicted octanol–water partition coefficient (Wildman–Crippen LogP) is 4.33. The number of anilines is 1. The molecule has 2 N–H and O–H groups in total. The first-order chi connectivity index (χ1) is 14.4. The van der Waals surface area contributed by atoms with Crippen molar-refractivity contribution in [3.63, 3.8) is 0 Å². The van der Waals surface area contributed by atoms with E-state index in [1.165, 1.54) is 12.3 Å². The molecule has 158 valence electrons. The number of nitrogens with one attached hydrogen (secondary N) is 1. The molecule has 0 spiro atoms. The van der Waals surface area contributed by atoms with Gasteiger partial charge in [0.15, 0.2) is 11.4 Å². The van der Waals surface area contributed by atoms with E-state index in [1.807, 2.05) is 0 Å². The Morgan fingerprint density at radius 1 is 1.23 bits per heavy atom. The number of nitrogens with zero attached hydrogens (tertiary/aromatic N) is 2. The van der Waals surface area contributed by atoms with Crippen LogP contribution in [0.4, 0.5) is 14.5 Å². The van der Waals surface area contributed by atoms with Crippen molar-refractivity contribution < 1.29 is 18.8 Å². The zero-order chi connectivity index (χ0) is 21.7. The summed E-state index contributed by atoms with van der Waals surface area (Å²) in [5.41, 5.74) is -0.550. The smallest absolute Gasteiger partial charge is 0.297 e. The van der Waals surface area contributed by atoms with Gasteiger partial charge in [-0.25, -0.2) is 13.8 Å². The number of carbonyl (C=O) groups excluding carboxylic acids is 1. The lowest BCUT2D eigenvalue weighted by Crippen LogP contribution is -2.28. The highest BCUT2D eigenvalue weighted by molar-refractivity contribution is 6.07. The molecule has 0 aliphatic carbocycles. The number of carbonyl (C=O) groups is 1. The topological polar surface area (TPSA) is 84.2 Å². The average Bonchev–Trinajstić information content (AvgIpc) is 2.73. The fourth-order valence-corrected chi connectivity index (χ4v) is 3.33. The molecule has 8 heteroatoms. The summed E-state index contributed by atoms with van der Waals surface area (Å²) in [5.74, 6) is -2.00. The fraction of sp³-hybridized carbons (Fsp3) is 0.318. The van der Waals surface area contributed by atoms with Crippen LogP contribution in [0.3, 0.4) is 0 Å². The third kappa shape index (κ3) is 4.48. The van der Waals surface area contributed by atoms with Crippen LogP contribution in [0.25, 0.3) is 11.0 Å². The molecule has 2 aromatic heterocycles. The molecule has 30 heavy (non-hydrogen) atoms. The number of rotatable bonds is 9. The van der Waals surface area contributed by atoms with Crippen LogP contribution in [0.5, 0.6) is 0 Å². The molecule has 0 aliphatic rings. The standard InChI is InChI=1S/C22H23F2N3O3/c1-2-3-4-11-25-20-16-6-5-12-26-21(16)27(30)22(29)19(20)18(28)10-8-14-7-9-15(23)13-17(14)24/h5-7,9,12-13,25,30H,2-4,8,10-11H2,1H3. The Morgan fingerprint density at radius 2 is 2.03 bits per heavy atom. The summed E-state index contributed by atoms with van der Waals surface area (Å²) in [6.07, 6.45) is 4.09. The largest absolute Gasteiger partial charge is 0.423 e. The highest BCUT2D eigenvalue weighted by Gasteiger charge is 2.23. The van der Waals surface area contributed by atoms with Gasteiger partial charge in [0.2, 0.25) is 0 Å². The van der Waals surface area contributed by atoms with E-state index in [0.717, 1.165) is 31.4 Å². The molecule has 2 heterocycles. The molecule has 3 rings (SSSR count).